The van der Waals surface area contributed by atoms with Crippen molar-refractivity contribution < 1.29 is 0 Å². The van der Waals surface area contributed by atoms with Gasteiger partial charge < -0.3 is 0 Å². The first-order valence-corrected chi connectivity index (χ1v) is 8.00. The topological polar surface area (TPSA) is 0 Å². The van der Waals surface area contributed by atoms with E-state index >= 15 is 0 Å². The molecule has 0 aliphatic heterocycles. The molecule has 0 saturated heterocycles. The fourth-order valence-electron chi connectivity index (χ4n) is 4.24. The summed E-state index contributed by atoms with van der Waals surface area (Å²) in [5, 5.41) is 1.34. The van der Waals surface area contributed by atoms with E-state index in [9.17, 15) is 0 Å². The lowest BCUT2D eigenvalue weighted by Crippen LogP contribution is -2.30. The van der Waals surface area contributed by atoms with E-state index in [1.54, 1.807) is 0 Å². The Hall–Kier alpha value is -1.91. The summed E-state index contributed by atoms with van der Waals surface area (Å²) >= 11 is 0. The smallest absolute Gasteiger partial charge is 0.0355 e. The lowest BCUT2D eigenvalue weighted by Gasteiger charge is -2.42. The average Bonchev–Trinajstić information content (AvgIpc) is 2.55. The Morgan fingerprint density at radius 1 is 0.524 bits per heavy atom. The van der Waals surface area contributed by atoms with Crippen LogP contribution in [0.15, 0.2) is 66.7 Å². The average molecular weight is 286 g/mol. The lowest BCUT2D eigenvalue weighted by molar-refractivity contribution is 0.759. The highest BCUT2D eigenvalue weighted by molar-refractivity contribution is 7.27. The van der Waals surface area contributed by atoms with Crippen LogP contribution in [0.2, 0.25) is 0 Å². The van der Waals surface area contributed by atoms with Crippen molar-refractivity contribution in [1.29, 1.82) is 0 Å². The van der Waals surface area contributed by atoms with Gasteiger partial charge in [-0.25, -0.2) is 0 Å². The maximum Gasteiger partial charge on any atom is 0.0355 e. The highest BCUT2D eigenvalue weighted by Crippen LogP contribution is 2.55. The summed E-state index contributed by atoms with van der Waals surface area (Å²) in [5.41, 5.74) is 8.95. The molecule has 0 nitrogen and oxygen atoms in total. The van der Waals surface area contributed by atoms with Gasteiger partial charge >= 0.3 is 0 Å². The maximum atomic E-state index is 2.94. The minimum absolute atomic E-state index is 0.395. The minimum Gasteiger partial charge on any atom is -0.105 e. The van der Waals surface area contributed by atoms with Crippen LogP contribution in [0.3, 0.4) is 0 Å². The summed E-state index contributed by atoms with van der Waals surface area (Å²) in [6.07, 6.45) is 0. The van der Waals surface area contributed by atoms with Gasteiger partial charge in [-0.3, -0.25) is 0 Å². The molecule has 100 valence electrons. The van der Waals surface area contributed by atoms with Gasteiger partial charge in [-0.15, -0.1) is 9.24 Å². The number of hydrogen-bond acceptors (Lipinski definition) is 0. The van der Waals surface area contributed by atoms with E-state index in [2.05, 4.69) is 76.0 Å². The van der Waals surface area contributed by atoms with Crippen molar-refractivity contribution in [1.82, 2.24) is 0 Å². The van der Waals surface area contributed by atoms with E-state index < -0.39 is 0 Å². The molecule has 0 amide bonds. The Bertz CT molecular complexity index is 831. The van der Waals surface area contributed by atoms with E-state index in [0.717, 1.165) is 0 Å². The molecular weight excluding hydrogens is 271 g/mol. The summed E-state index contributed by atoms with van der Waals surface area (Å²) in [6, 6.07) is 24.6. The van der Waals surface area contributed by atoms with Crippen LogP contribution in [0, 0.1) is 0 Å². The molecule has 3 aromatic rings. The van der Waals surface area contributed by atoms with Crippen LogP contribution in [0.1, 0.15) is 45.2 Å². The van der Waals surface area contributed by atoms with Gasteiger partial charge in [0.2, 0.25) is 0 Å². The van der Waals surface area contributed by atoms with Gasteiger partial charge in [0.05, 0.1) is 0 Å². The summed E-state index contributed by atoms with van der Waals surface area (Å²) in [5.74, 6) is 0.795. The normalized spacial score (nSPS) is 20.6. The molecule has 0 fully saturated rings. The Labute approximate surface area is 127 Å². The quantitative estimate of drug-likeness (QED) is 0.375. The van der Waals surface area contributed by atoms with Crippen molar-refractivity contribution in [3.8, 4) is 0 Å². The first-order chi connectivity index (χ1) is 10.4. The summed E-state index contributed by atoms with van der Waals surface area (Å²) in [6.45, 7) is 0. The molecule has 0 spiro atoms. The number of rotatable bonds is 0. The van der Waals surface area contributed by atoms with Gasteiger partial charge in [0.25, 0.3) is 0 Å². The van der Waals surface area contributed by atoms with Crippen molar-refractivity contribution in [2.45, 2.75) is 11.8 Å². The monoisotopic (exact) mass is 286 g/mol. The molecule has 3 aliphatic carbocycles. The molecule has 21 heavy (non-hydrogen) atoms. The summed E-state index contributed by atoms with van der Waals surface area (Å²) in [4.78, 5) is 0. The van der Waals surface area contributed by atoms with Gasteiger partial charge in [0.15, 0.2) is 0 Å². The largest absolute Gasteiger partial charge is 0.105 e. The van der Waals surface area contributed by atoms with Gasteiger partial charge in [0.1, 0.15) is 0 Å². The van der Waals surface area contributed by atoms with Gasteiger partial charge in [-0.1, -0.05) is 66.7 Å². The second-order valence-corrected chi connectivity index (χ2v) is 6.60. The Kier molecular flexibility index (Phi) is 2.26. The molecule has 1 atom stereocenters. The third-order valence-electron chi connectivity index (χ3n) is 5.01. The van der Waals surface area contributed by atoms with Crippen molar-refractivity contribution in [2.24, 2.45) is 0 Å². The Morgan fingerprint density at radius 3 is 1.57 bits per heavy atom. The molecule has 0 aromatic heterocycles. The molecule has 1 heteroatoms. The zero-order valence-electron chi connectivity index (χ0n) is 11.6. The zero-order valence-corrected chi connectivity index (χ0v) is 12.7. The Morgan fingerprint density at radius 2 is 1.00 bits per heavy atom. The van der Waals surface area contributed by atoms with Crippen molar-refractivity contribution in [2.75, 3.05) is 0 Å². The van der Waals surface area contributed by atoms with Crippen molar-refractivity contribution in [3.63, 3.8) is 0 Å². The van der Waals surface area contributed by atoms with E-state index in [4.69, 9.17) is 0 Å². The Balaban J connectivity index is 1.95. The molecule has 6 rings (SSSR count). The molecule has 3 aliphatic rings. The third kappa shape index (κ3) is 1.39. The number of benzene rings is 3. The predicted octanol–water partition coefficient (Wildman–Crippen LogP) is 4.17. The van der Waals surface area contributed by atoms with Crippen LogP contribution in [0.5, 0.6) is 0 Å². The second-order valence-electron chi connectivity index (χ2n) is 5.97. The third-order valence-corrected chi connectivity index (χ3v) is 5.51. The van der Waals surface area contributed by atoms with Gasteiger partial charge in [-0.05, 0) is 38.7 Å². The molecule has 2 bridgehead atoms. The lowest BCUT2D eigenvalue weighted by atomic mass is 9.61. The maximum absolute atomic E-state index is 2.94. The fraction of sp³-hybridized carbons (Fsp3) is 0.100. The van der Waals surface area contributed by atoms with E-state index in [0.29, 0.717) is 11.8 Å². The van der Waals surface area contributed by atoms with E-state index in [1.807, 2.05) is 0 Å². The minimum atomic E-state index is 0.395. The molecular formula is C20H15P. The molecule has 0 heterocycles. The summed E-state index contributed by atoms with van der Waals surface area (Å²) in [7, 11) is 2.94. The molecule has 0 saturated carbocycles. The fourth-order valence-corrected chi connectivity index (χ4v) is 4.69. The first kappa shape index (κ1) is 11.7. The van der Waals surface area contributed by atoms with E-state index in [1.165, 1.54) is 38.7 Å². The van der Waals surface area contributed by atoms with Crippen LogP contribution in [-0.4, -0.2) is 0 Å². The van der Waals surface area contributed by atoms with Crippen LogP contribution < -0.4 is 5.30 Å². The van der Waals surface area contributed by atoms with Gasteiger partial charge in [0, 0.05) is 11.8 Å². The van der Waals surface area contributed by atoms with Crippen LogP contribution in [0.4, 0.5) is 0 Å². The molecule has 1 unspecified atom stereocenters. The molecule has 0 radical (unpaired) electrons. The zero-order chi connectivity index (χ0) is 14.0. The standard InChI is InChI=1S/C20H15P/c21-17-11-5-10-16-18-12-6-1-3-8-14(12)19(20(16)17)15-9-4-2-7-13(15)18/h1-11,18-19H,21H2. The highest BCUT2D eigenvalue weighted by Gasteiger charge is 2.41. The molecule has 0 N–H and O–H groups in total. The molecule has 3 aromatic carbocycles. The highest BCUT2D eigenvalue weighted by atomic mass is 31.0. The SMILES string of the molecule is Pc1cccc2c1C1c3ccccc3C2c2ccccc21. The van der Waals surface area contributed by atoms with Crippen molar-refractivity contribution >= 4 is 14.5 Å². The van der Waals surface area contributed by atoms with Crippen LogP contribution in [-0.2, 0) is 0 Å². The van der Waals surface area contributed by atoms with Crippen LogP contribution in [0.25, 0.3) is 0 Å². The second kappa shape index (κ2) is 4.06. The summed E-state index contributed by atoms with van der Waals surface area (Å²) < 4.78 is 0. The van der Waals surface area contributed by atoms with Crippen molar-refractivity contribution in [3.05, 3.63) is 100 Å². The van der Waals surface area contributed by atoms with Crippen LogP contribution >= 0.6 is 9.24 Å². The van der Waals surface area contributed by atoms with E-state index in [-0.39, 0.29) is 0 Å². The first-order valence-electron chi connectivity index (χ1n) is 7.42. The predicted molar refractivity (Wildman–Crippen MR) is 90.6 cm³/mol. The van der Waals surface area contributed by atoms with Gasteiger partial charge in [-0.2, -0.15) is 0 Å². The number of hydrogen-bond donors (Lipinski definition) is 0.